The van der Waals surface area contributed by atoms with Gasteiger partial charge in [0.2, 0.25) is 0 Å². The molecular formula is C18H21N3. The van der Waals surface area contributed by atoms with Crippen LogP contribution in [0.4, 0.5) is 0 Å². The molecule has 0 radical (unpaired) electrons. The molecule has 0 fully saturated rings. The molecule has 0 spiro atoms. The SMILES string of the molecule is Cc1cccc(CNCCn2c(C)nc3ccccc32)c1. The number of nitrogens with zero attached hydrogens (tertiary/aromatic N) is 2. The Morgan fingerprint density at radius 3 is 2.76 bits per heavy atom. The van der Waals surface area contributed by atoms with Crippen LogP contribution in [-0.2, 0) is 13.1 Å². The molecule has 21 heavy (non-hydrogen) atoms. The summed E-state index contributed by atoms with van der Waals surface area (Å²) >= 11 is 0. The van der Waals surface area contributed by atoms with Gasteiger partial charge in [0.25, 0.3) is 0 Å². The Labute approximate surface area is 125 Å². The molecule has 1 heterocycles. The predicted molar refractivity (Wildman–Crippen MR) is 87.4 cm³/mol. The van der Waals surface area contributed by atoms with Gasteiger partial charge in [-0.05, 0) is 31.5 Å². The third-order valence-corrected chi connectivity index (χ3v) is 3.77. The van der Waals surface area contributed by atoms with Crippen LogP contribution in [0, 0.1) is 13.8 Å². The zero-order valence-electron chi connectivity index (χ0n) is 12.6. The highest BCUT2D eigenvalue weighted by atomic mass is 15.1. The fourth-order valence-electron chi connectivity index (χ4n) is 2.72. The van der Waals surface area contributed by atoms with Crippen molar-refractivity contribution in [3.8, 4) is 0 Å². The van der Waals surface area contributed by atoms with E-state index >= 15 is 0 Å². The highest BCUT2D eigenvalue weighted by molar-refractivity contribution is 5.75. The minimum atomic E-state index is 0.910. The van der Waals surface area contributed by atoms with Crippen LogP contribution in [0.1, 0.15) is 17.0 Å². The van der Waals surface area contributed by atoms with Crippen molar-refractivity contribution in [2.45, 2.75) is 26.9 Å². The van der Waals surface area contributed by atoms with Gasteiger partial charge in [-0.25, -0.2) is 4.98 Å². The van der Waals surface area contributed by atoms with Crippen LogP contribution < -0.4 is 5.32 Å². The Bertz CT molecular complexity index is 743. The molecule has 0 saturated carbocycles. The minimum absolute atomic E-state index is 0.910. The first-order valence-corrected chi connectivity index (χ1v) is 7.42. The van der Waals surface area contributed by atoms with E-state index in [1.165, 1.54) is 16.6 Å². The van der Waals surface area contributed by atoms with Crippen molar-refractivity contribution in [1.29, 1.82) is 0 Å². The first-order valence-electron chi connectivity index (χ1n) is 7.42. The van der Waals surface area contributed by atoms with E-state index in [-0.39, 0.29) is 0 Å². The zero-order valence-corrected chi connectivity index (χ0v) is 12.6. The van der Waals surface area contributed by atoms with E-state index in [2.05, 4.69) is 71.2 Å². The molecule has 2 aromatic carbocycles. The zero-order chi connectivity index (χ0) is 14.7. The lowest BCUT2D eigenvalue weighted by molar-refractivity contribution is 0.597. The fraction of sp³-hybridized carbons (Fsp3) is 0.278. The number of aromatic nitrogens is 2. The maximum atomic E-state index is 4.60. The van der Waals surface area contributed by atoms with Crippen LogP contribution in [0.3, 0.4) is 0 Å². The molecular weight excluding hydrogens is 258 g/mol. The van der Waals surface area contributed by atoms with Crippen molar-refractivity contribution in [3.63, 3.8) is 0 Å². The summed E-state index contributed by atoms with van der Waals surface area (Å²) in [6.45, 7) is 6.99. The van der Waals surface area contributed by atoms with Crippen molar-refractivity contribution in [2.24, 2.45) is 0 Å². The van der Waals surface area contributed by atoms with Gasteiger partial charge in [0.15, 0.2) is 0 Å². The minimum Gasteiger partial charge on any atom is -0.327 e. The first kappa shape index (κ1) is 13.8. The van der Waals surface area contributed by atoms with E-state index in [1.807, 2.05) is 6.07 Å². The Morgan fingerprint density at radius 2 is 1.90 bits per heavy atom. The molecule has 0 aliphatic rings. The van der Waals surface area contributed by atoms with Gasteiger partial charge >= 0.3 is 0 Å². The van der Waals surface area contributed by atoms with Crippen molar-refractivity contribution in [3.05, 3.63) is 65.5 Å². The lowest BCUT2D eigenvalue weighted by Crippen LogP contribution is -2.20. The van der Waals surface area contributed by atoms with Crippen molar-refractivity contribution < 1.29 is 0 Å². The number of fused-ring (bicyclic) bond motifs is 1. The lowest BCUT2D eigenvalue weighted by atomic mass is 10.1. The number of rotatable bonds is 5. The van der Waals surface area contributed by atoms with Crippen molar-refractivity contribution in [1.82, 2.24) is 14.9 Å². The van der Waals surface area contributed by atoms with E-state index < -0.39 is 0 Å². The molecule has 0 aliphatic heterocycles. The van der Waals surface area contributed by atoms with Gasteiger partial charge in [0.1, 0.15) is 5.82 Å². The van der Waals surface area contributed by atoms with Crippen molar-refractivity contribution >= 4 is 11.0 Å². The van der Waals surface area contributed by atoms with Gasteiger partial charge < -0.3 is 9.88 Å². The van der Waals surface area contributed by atoms with Gasteiger partial charge in [-0.1, -0.05) is 42.0 Å². The average Bonchev–Trinajstić information content (AvgIpc) is 2.79. The number of para-hydroxylation sites is 2. The predicted octanol–water partition coefficient (Wildman–Crippen LogP) is 3.44. The number of imidazole rings is 1. The Balaban J connectivity index is 1.61. The van der Waals surface area contributed by atoms with E-state index in [0.717, 1.165) is 31.0 Å². The second kappa shape index (κ2) is 6.10. The number of hydrogen-bond acceptors (Lipinski definition) is 2. The molecule has 3 heteroatoms. The monoisotopic (exact) mass is 279 g/mol. The molecule has 3 rings (SSSR count). The van der Waals surface area contributed by atoms with Gasteiger partial charge in [0, 0.05) is 19.6 Å². The number of aryl methyl sites for hydroxylation is 2. The first-order chi connectivity index (χ1) is 10.2. The highest BCUT2D eigenvalue weighted by Crippen LogP contribution is 2.14. The molecule has 1 N–H and O–H groups in total. The third-order valence-electron chi connectivity index (χ3n) is 3.77. The summed E-state index contributed by atoms with van der Waals surface area (Å²) in [7, 11) is 0. The summed E-state index contributed by atoms with van der Waals surface area (Å²) in [6, 6.07) is 16.9. The summed E-state index contributed by atoms with van der Waals surface area (Å²) in [5, 5.41) is 3.51. The highest BCUT2D eigenvalue weighted by Gasteiger charge is 2.05. The fourth-order valence-corrected chi connectivity index (χ4v) is 2.72. The summed E-state index contributed by atoms with van der Waals surface area (Å²) in [4.78, 5) is 4.60. The summed E-state index contributed by atoms with van der Waals surface area (Å²) in [5.74, 6) is 1.08. The average molecular weight is 279 g/mol. The number of nitrogens with one attached hydrogen (secondary N) is 1. The van der Waals surface area contributed by atoms with Crippen LogP contribution in [0.5, 0.6) is 0 Å². The van der Waals surface area contributed by atoms with Gasteiger partial charge in [-0.15, -0.1) is 0 Å². The smallest absolute Gasteiger partial charge is 0.106 e. The van der Waals surface area contributed by atoms with Crippen LogP contribution in [-0.4, -0.2) is 16.1 Å². The molecule has 0 saturated heterocycles. The maximum absolute atomic E-state index is 4.60. The second-order valence-corrected chi connectivity index (χ2v) is 5.47. The largest absolute Gasteiger partial charge is 0.327 e. The molecule has 1 aromatic heterocycles. The van der Waals surface area contributed by atoms with E-state index in [1.54, 1.807) is 0 Å². The molecule has 0 amide bonds. The standard InChI is InChI=1S/C18H21N3/c1-14-6-5-7-16(12-14)13-19-10-11-21-15(2)20-17-8-3-4-9-18(17)21/h3-9,12,19H,10-11,13H2,1-2H3. The molecule has 0 bridgehead atoms. The molecule has 3 aromatic rings. The molecule has 0 unspecified atom stereocenters. The molecule has 0 aliphatic carbocycles. The van der Waals surface area contributed by atoms with Gasteiger partial charge in [-0.2, -0.15) is 0 Å². The second-order valence-electron chi connectivity index (χ2n) is 5.47. The van der Waals surface area contributed by atoms with Crippen LogP contribution in [0.25, 0.3) is 11.0 Å². The normalized spacial score (nSPS) is 11.1. The third kappa shape index (κ3) is 3.14. The number of benzene rings is 2. The molecule has 108 valence electrons. The summed E-state index contributed by atoms with van der Waals surface area (Å²) < 4.78 is 2.28. The Hall–Kier alpha value is -2.13. The number of hydrogen-bond donors (Lipinski definition) is 1. The van der Waals surface area contributed by atoms with E-state index in [0.29, 0.717) is 0 Å². The topological polar surface area (TPSA) is 29.9 Å². The Morgan fingerprint density at radius 1 is 1.05 bits per heavy atom. The van der Waals surface area contributed by atoms with Crippen LogP contribution >= 0.6 is 0 Å². The maximum Gasteiger partial charge on any atom is 0.106 e. The van der Waals surface area contributed by atoms with Crippen LogP contribution in [0.2, 0.25) is 0 Å². The molecule has 0 atom stereocenters. The van der Waals surface area contributed by atoms with E-state index in [9.17, 15) is 0 Å². The van der Waals surface area contributed by atoms with Gasteiger partial charge in [0.05, 0.1) is 11.0 Å². The lowest BCUT2D eigenvalue weighted by Gasteiger charge is -2.09. The van der Waals surface area contributed by atoms with E-state index in [4.69, 9.17) is 0 Å². The molecule has 3 nitrogen and oxygen atoms in total. The summed E-state index contributed by atoms with van der Waals surface area (Å²) in [5.41, 5.74) is 4.94. The van der Waals surface area contributed by atoms with Crippen LogP contribution in [0.15, 0.2) is 48.5 Å². The van der Waals surface area contributed by atoms with Gasteiger partial charge in [-0.3, -0.25) is 0 Å². The van der Waals surface area contributed by atoms with Crippen molar-refractivity contribution in [2.75, 3.05) is 6.54 Å². The Kier molecular flexibility index (Phi) is 4.02. The summed E-state index contributed by atoms with van der Waals surface area (Å²) in [6.07, 6.45) is 0. The quantitative estimate of drug-likeness (QED) is 0.725.